The number of unbranched alkanes of at least 4 members (excludes halogenated alkanes) is 3. The summed E-state index contributed by atoms with van der Waals surface area (Å²) >= 11 is 6.46. The molecule has 8 N–H and O–H groups in total. The van der Waals surface area contributed by atoms with Gasteiger partial charge in [-0.2, -0.15) is 16.8 Å². The van der Waals surface area contributed by atoms with E-state index in [4.69, 9.17) is 36.5 Å². The van der Waals surface area contributed by atoms with Gasteiger partial charge in [0.25, 0.3) is 20.2 Å². The molecular weight excluding hydrogens is 1120 g/mol. The number of ether oxygens (including phenoxy) is 3. The number of carbonyl (C=O) groups is 4. The van der Waals surface area contributed by atoms with Gasteiger partial charge in [-0.15, -0.1) is 0 Å². The van der Waals surface area contributed by atoms with Crippen LogP contribution in [0.3, 0.4) is 0 Å². The Morgan fingerprint density at radius 1 is 0.738 bits per heavy atom. The van der Waals surface area contributed by atoms with Crippen LogP contribution in [-0.2, 0) is 81.1 Å². The molecule has 0 aliphatic carbocycles. The maximum Gasteiger partial charge on any atom is 0.327 e. The first-order valence-electron chi connectivity index (χ1n) is 26.4. The molecule has 1 atom stereocenters. The van der Waals surface area contributed by atoms with Gasteiger partial charge in [-0.05, 0) is 113 Å². The van der Waals surface area contributed by atoms with Crippen LogP contribution in [0.15, 0.2) is 76.4 Å². The van der Waals surface area contributed by atoms with E-state index in [1.54, 1.807) is 22.9 Å². The summed E-state index contributed by atoms with van der Waals surface area (Å²) in [6, 6.07) is 6.21. The molecule has 4 rings (SSSR count). The van der Waals surface area contributed by atoms with Gasteiger partial charge in [0, 0.05) is 61.8 Å². The third-order valence-electron chi connectivity index (χ3n) is 13.2. The van der Waals surface area contributed by atoms with Crippen molar-refractivity contribution in [2.75, 3.05) is 95.3 Å². The number of aromatic nitrogens is 1. The molecule has 1 aromatic carbocycles. The molecule has 4 amide bonds. The molecular formula is C52H77ClN8O16S3. The molecule has 1 aromatic heterocycles. The Balaban J connectivity index is 1.25. The van der Waals surface area contributed by atoms with Crippen LogP contribution in [0.1, 0.15) is 96.1 Å². The fourth-order valence-corrected chi connectivity index (χ4v) is 10.7. The van der Waals surface area contributed by atoms with Gasteiger partial charge in [0.15, 0.2) is 5.71 Å². The van der Waals surface area contributed by atoms with E-state index in [0.717, 1.165) is 11.3 Å². The van der Waals surface area contributed by atoms with Crippen molar-refractivity contribution in [1.82, 2.24) is 21.3 Å². The minimum Gasteiger partial charge on any atom is -0.748 e. The summed E-state index contributed by atoms with van der Waals surface area (Å²) in [5.41, 5.74) is 7.30. The predicted molar refractivity (Wildman–Crippen MR) is 300 cm³/mol. The number of nitrogens with one attached hydrogen (secondary N) is 4. The van der Waals surface area contributed by atoms with Crippen LogP contribution in [0.2, 0.25) is 5.02 Å². The summed E-state index contributed by atoms with van der Waals surface area (Å²) in [6.45, 7) is 8.92. The van der Waals surface area contributed by atoms with Gasteiger partial charge in [-0.25, -0.2) is 13.0 Å². The van der Waals surface area contributed by atoms with Gasteiger partial charge in [-0.1, -0.05) is 42.7 Å². The fourth-order valence-electron chi connectivity index (χ4n) is 8.95. The number of nitrogens with zero attached hydrogens (tertiary/aromatic N) is 3. The van der Waals surface area contributed by atoms with Gasteiger partial charge in [-0.3, -0.25) is 28.3 Å². The Labute approximate surface area is 474 Å². The van der Waals surface area contributed by atoms with Gasteiger partial charge in [0.05, 0.1) is 89.4 Å². The molecule has 24 nitrogen and oxygen atoms in total. The standard InChI is InChI=1S/C52H77ClN8O16S3/c1-51(2)42-33-39(53)38-60(23-14-32-79(69,70)71)50(42)59-44(51)15-6-4-7-16-45-52(3,20-9-11-31-78(66,67)68)41-34-40(80(72,73)74)18-19-43(41)61(45)24-10-5-8-17-46(62)55-21-12-25-75-27-29-77-30-28-76-26-13-22-56-48(64)36-58-49(65)37-57-47(63)35-54/h4,6-7,15-16,18-19,33-34,38H,5,8-14,17,20-32,35-37,54H2,1-3H3,(H6-,55,56,57,58,62,63,64,65,66,67,68,69,70,71,72,73,74). The Kier molecular flexibility index (Phi) is 27.3. The highest BCUT2D eigenvalue weighted by atomic mass is 35.5. The molecule has 0 saturated heterocycles. The fraction of sp³-hybridized carbons (Fsp3) is 0.577. The van der Waals surface area contributed by atoms with Crippen molar-refractivity contribution in [3.63, 3.8) is 0 Å². The average Bonchev–Trinajstić information content (AvgIpc) is 3.78. The second-order valence-corrected chi connectivity index (χ2v) is 24.8. The van der Waals surface area contributed by atoms with Crippen molar-refractivity contribution in [2.45, 2.75) is 107 Å². The van der Waals surface area contributed by atoms with Crippen LogP contribution in [0.4, 0.5) is 11.5 Å². The van der Waals surface area contributed by atoms with E-state index in [0.29, 0.717) is 138 Å². The van der Waals surface area contributed by atoms with E-state index in [1.165, 1.54) is 12.1 Å². The lowest BCUT2D eigenvalue weighted by Gasteiger charge is -2.30. The number of aryl methyl sites for hydroxylation is 1. The van der Waals surface area contributed by atoms with Gasteiger partial charge < -0.3 is 50.7 Å². The number of carbonyl (C=O) groups excluding carboxylic acids is 4. The highest BCUT2D eigenvalue weighted by Gasteiger charge is 2.44. The minimum absolute atomic E-state index is 0.0842. The Hall–Kier alpha value is -5.20. The second kappa shape index (κ2) is 32.4. The normalized spacial score (nSPS) is 16.5. The number of hydrogen-bond acceptors (Lipinski definition) is 17. The number of pyridine rings is 1. The first-order valence-corrected chi connectivity index (χ1v) is 31.4. The number of hydrogen-bond donors (Lipinski definition) is 7. The topological polar surface area (TPSA) is 356 Å². The summed E-state index contributed by atoms with van der Waals surface area (Å²) in [5.74, 6) is -1.83. The van der Waals surface area contributed by atoms with Crippen molar-refractivity contribution in [3.8, 4) is 0 Å². The van der Waals surface area contributed by atoms with E-state index in [2.05, 4.69) is 26.2 Å². The highest BCUT2D eigenvalue weighted by Crippen LogP contribution is 2.51. The first kappa shape index (κ1) is 67.3. The summed E-state index contributed by atoms with van der Waals surface area (Å²) in [4.78, 5) is 53.9. The molecule has 0 saturated carbocycles. The molecule has 3 heterocycles. The monoisotopic (exact) mass is 1200 g/mol. The summed E-state index contributed by atoms with van der Waals surface area (Å²) < 4.78 is 120. The van der Waals surface area contributed by atoms with Crippen molar-refractivity contribution in [3.05, 3.63) is 82.7 Å². The Morgan fingerprint density at radius 3 is 1.99 bits per heavy atom. The van der Waals surface area contributed by atoms with Crippen molar-refractivity contribution >= 4 is 82.8 Å². The van der Waals surface area contributed by atoms with Gasteiger partial charge in [0.1, 0.15) is 6.20 Å². The molecule has 0 bridgehead atoms. The van der Waals surface area contributed by atoms with Crippen molar-refractivity contribution < 1.29 is 76.9 Å². The van der Waals surface area contributed by atoms with E-state index in [1.807, 2.05) is 51.2 Å². The van der Waals surface area contributed by atoms with Gasteiger partial charge >= 0.3 is 5.82 Å². The summed E-state index contributed by atoms with van der Waals surface area (Å²) in [7, 11) is -13.2. The van der Waals surface area contributed by atoms with E-state index in [9.17, 15) is 58.1 Å². The molecule has 0 spiro atoms. The number of amides is 4. The lowest BCUT2D eigenvalue weighted by molar-refractivity contribution is -0.684. The smallest absolute Gasteiger partial charge is 0.327 e. The number of nitrogens with two attached hydrogens (primary N) is 1. The van der Waals surface area contributed by atoms with Crippen LogP contribution in [-0.4, -0.2) is 159 Å². The minimum atomic E-state index is -4.60. The van der Waals surface area contributed by atoms with Crippen molar-refractivity contribution in [1.29, 1.82) is 0 Å². The van der Waals surface area contributed by atoms with Crippen LogP contribution in [0.5, 0.6) is 0 Å². The number of halogens is 1. The third kappa shape index (κ3) is 23.0. The number of rotatable bonds is 38. The quantitative estimate of drug-likeness (QED) is 0.0220. The molecule has 1 unspecified atom stereocenters. The molecule has 0 radical (unpaired) electrons. The maximum atomic E-state index is 12.7. The summed E-state index contributed by atoms with van der Waals surface area (Å²) in [5, 5.41) is 10.7. The average molecular weight is 1200 g/mol. The van der Waals surface area contributed by atoms with Crippen molar-refractivity contribution in [2.24, 2.45) is 10.7 Å². The molecule has 28 heteroatoms. The predicted octanol–water partition coefficient (Wildman–Crippen LogP) is 2.82. The molecule has 2 aliphatic heterocycles. The molecule has 80 heavy (non-hydrogen) atoms. The molecule has 446 valence electrons. The number of fused-ring (bicyclic) bond motifs is 2. The van der Waals surface area contributed by atoms with Gasteiger partial charge in [0.2, 0.25) is 23.6 Å². The molecule has 2 aliphatic rings. The Morgan fingerprint density at radius 2 is 1.36 bits per heavy atom. The van der Waals surface area contributed by atoms with E-state index >= 15 is 0 Å². The lowest BCUT2D eigenvalue weighted by atomic mass is 9.77. The number of aliphatic imine (C=N–C) groups is 1. The number of allylic oxidation sites excluding steroid dienone is 6. The van der Waals surface area contributed by atoms with E-state index < -0.39 is 64.5 Å². The lowest BCUT2D eigenvalue weighted by Crippen LogP contribution is -2.43. The Bertz CT molecular complexity index is 2920. The number of anilines is 1. The van der Waals surface area contributed by atoms with Crippen LogP contribution in [0, 0.1) is 0 Å². The molecule has 0 fully saturated rings. The zero-order valence-electron chi connectivity index (χ0n) is 45.6. The second-order valence-electron chi connectivity index (χ2n) is 19.8. The molecule has 2 aromatic rings. The zero-order chi connectivity index (χ0) is 59.0. The van der Waals surface area contributed by atoms with Crippen LogP contribution < -0.4 is 36.5 Å². The number of benzene rings is 1. The maximum absolute atomic E-state index is 12.7. The zero-order valence-corrected chi connectivity index (χ0v) is 48.8. The highest BCUT2D eigenvalue weighted by molar-refractivity contribution is 7.86. The van der Waals surface area contributed by atoms with Crippen LogP contribution >= 0.6 is 11.6 Å². The largest absolute Gasteiger partial charge is 0.748 e. The first-order chi connectivity index (χ1) is 37.7. The van der Waals surface area contributed by atoms with Crippen LogP contribution in [0.25, 0.3) is 0 Å². The third-order valence-corrected chi connectivity index (χ3v) is 15.8. The summed E-state index contributed by atoms with van der Waals surface area (Å²) in [6.07, 6.45) is 15.1. The SMILES string of the molecule is CC1(C)C(/C=C/C=C/C=C2/N(CCCCCC(=O)NCCCOCCOCCOCCCNC(=O)CNC(=O)CNC(=O)CN)c3ccc(S(=O)(=O)O)cc3C2(C)CCCCS(=O)(=O)O)=Nc2c1cc(Cl)c[n+]2CCCS(=O)(=O)[O-]. The van der Waals surface area contributed by atoms with E-state index in [-0.39, 0.29) is 55.7 Å².